The van der Waals surface area contributed by atoms with E-state index >= 15 is 0 Å². The maximum Gasteiger partial charge on any atom is 0.113 e. The van der Waals surface area contributed by atoms with E-state index in [2.05, 4.69) is 34.1 Å². The van der Waals surface area contributed by atoms with Crippen molar-refractivity contribution >= 4 is 27.3 Å². The molecule has 1 aliphatic rings. The third kappa shape index (κ3) is 2.27. The van der Waals surface area contributed by atoms with Crippen molar-refractivity contribution in [1.29, 1.82) is 0 Å². The van der Waals surface area contributed by atoms with Gasteiger partial charge in [-0.1, -0.05) is 30.7 Å². The largest absolute Gasteiger partial charge is 0.383 e. The summed E-state index contributed by atoms with van der Waals surface area (Å²) in [6.45, 7) is 0. The Balaban J connectivity index is 1.95. The molecule has 3 rings (SSSR count). The topological polar surface area (TPSA) is 20.2 Å². The van der Waals surface area contributed by atoms with E-state index < -0.39 is 6.10 Å². The minimum atomic E-state index is -0.488. The maximum atomic E-state index is 10.5. The first-order chi connectivity index (χ1) is 8.75. The highest BCUT2D eigenvalue weighted by atomic mass is 79.9. The number of aliphatic hydroxyl groups excluding tert-OH is 1. The van der Waals surface area contributed by atoms with Crippen molar-refractivity contribution in [2.24, 2.45) is 0 Å². The minimum Gasteiger partial charge on any atom is -0.383 e. The van der Waals surface area contributed by atoms with E-state index in [9.17, 15) is 5.11 Å². The molecule has 2 aromatic rings. The number of hydrogen-bond donors (Lipinski definition) is 1. The van der Waals surface area contributed by atoms with Crippen LogP contribution in [0.1, 0.15) is 47.3 Å². The molecule has 1 fully saturated rings. The molecule has 94 valence electrons. The lowest BCUT2D eigenvalue weighted by Crippen LogP contribution is -2.13. The normalized spacial score (nSPS) is 17.4. The summed E-state index contributed by atoms with van der Waals surface area (Å²) in [6, 6.07) is 10.3. The van der Waals surface area contributed by atoms with Crippen LogP contribution in [0.2, 0.25) is 0 Å². The van der Waals surface area contributed by atoms with Crippen LogP contribution in [-0.4, -0.2) is 5.11 Å². The standard InChI is InChI=1S/C15H15BrOS/c16-11-8-14(18-9-11)15(17)13-7-2-1-6-12(13)10-4-3-5-10/h1-2,6-10,15,17H,3-5H2. The van der Waals surface area contributed by atoms with Crippen molar-refractivity contribution in [2.75, 3.05) is 0 Å². The van der Waals surface area contributed by atoms with Crippen LogP contribution in [0.3, 0.4) is 0 Å². The zero-order chi connectivity index (χ0) is 12.5. The highest BCUT2D eigenvalue weighted by Gasteiger charge is 2.25. The zero-order valence-electron chi connectivity index (χ0n) is 9.97. The van der Waals surface area contributed by atoms with E-state index in [-0.39, 0.29) is 0 Å². The predicted molar refractivity (Wildman–Crippen MR) is 79.1 cm³/mol. The second-order valence-electron chi connectivity index (χ2n) is 4.83. The molecule has 18 heavy (non-hydrogen) atoms. The van der Waals surface area contributed by atoms with Crippen molar-refractivity contribution in [3.05, 3.63) is 56.2 Å². The first-order valence-electron chi connectivity index (χ1n) is 6.26. The summed E-state index contributed by atoms with van der Waals surface area (Å²) in [6.07, 6.45) is 3.35. The van der Waals surface area contributed by atoms with E-state index in [1.165, 1.54) is 24.8 Å². The van der Waals surface area contributed by atoms with Crippen molar-refractivity contribution in [3.63, 3.8) is 0 Å². The number of thiophene rings is 1. The van der Waals surface area contributed by atoms with Crippen molar-refractivity contribution in [2.45, 2.75) is 31.3 Å². The molecule has 0 spiro atoms. The lowest BCUT2D eigenvalue weighted by atomic mass is 9.77. The molecular formula is C15H15BrOS. The summed E-state index contributed by atoms with van der Waals surface area (Å²) < 4.78 is 1.04. The first kappa shape index (κ1) is 12.4. The summed E-state index contributed by atoms with van der Waals surface area (Å²) in [7, 11) is 0. The van der Waals surface area contributed by atoms with Crippen LogP contribution in [0.15, 0.2) is 40.2 Å². The molecule has 1 unspecified atom stereocenters. The second kappa shape index (κ2) is 5.16. The molecule has 1 aliphatic carbocycles. The summed E-state index contributed by atoms with van der Waals surface area (Å²) >= 11 is 5.05. The van der Waals surface area contributed by atoms with Gasteiger partial charge in [0.1, 0.15) is 6.10 Å². The van der Waals surface area contributed by atoms with Gasteiger partial charge in [0, 0.05) is 14.7 Å². The van der Waals surface area contributed by atoms with Gasteiger partial charge in [0.05, 0.1) is 0 Å². The minimum absolute atomic E-state index is 0.488. The fourth-order valence-electron chi connectivity index (χ4n) is 2.48. The summed E-state index contributed by atoms with van der Waals surface area (Å²) in [5.74, 6) is 0.652. The molecule has 1 saturated carbocycles. The fraction of sp³-hybridized carbons (Fsp3) is 0.333. The van der Waals surface area contributed by atoms with Crippen LogP contribution in [0.25, 0.3) is 0 Å². The van der Waals surface area contributed by atoms with Gasteiger partial charge in [0.2, 0.25) is 0 Å². The summed E-state index contributed by atoms with van der Waals surface area (Å²) in [5, 5.41) is 12.6. The van der Waals surface area contributed by atoms with Crippen molar-refractivity contribution < 1.29 is 5.11 Å². The lowest BCUT2D eigenvalue weighted by molar-refractivity contribution is 0.221. The highest BCUT2D eigenvalue weighted by molar-refractivity contribution is 9.10. The van der Waals surface area contributed by atoms with Crippen LogP contribution in [0.4, 0.5) is 0 Å². The molecule has 3 heteroatoms. The molecule has 0 amide bonds. The van der Waals surface area contributed by atoms with Gasteiger partial charge in [-0.25, -0.2) is 0 Å². The van der Waals surface area contributed by atoms with Crippen molar-refractivity contribution in [3.8, 4) is 0 Å². The summed E-state index contributed by atoms with van der Waals surface area (Å²) in [5.41, 5.74) is 2.41. The first-order valence-corrected chi connectivity index (χ1v) is 7.94. The third-order valence-corrected chi connectivity index (χ3v) is 5.44. The Morgan fingerprint density at radius 3 is 2.67 bits per heavy atom. The Hall–Kier alpha value is -0.640. The Kier molecular flexibility index (Phi) is 3.55. The Bertz CT molecular complexity index is 545. The number of benzene rings is 1. The molecule has 0 saturated heterocycles. The quantitative estimate of drug-likeness (QED) is 0.855. The second-order valence-corrected chi connectivity index (χ2v) is 6.69. The summed E-state index contributed by atoms with van der Waals surface area (Å²) in [4.78, 5) is 1.01. The Morgan fingerprint density at radius 2 is 2.06 bits per heavy atom. The fourth-order valence-corrected chi connectivity index (χ4v) is 3.92. The number of rotatable bonds is 3. The molecule has 1 atom stereocenters. The van der Waals surface area contributed by atoms with Gasteiger partial charge in [-0.3, -0.25) is 0 Å². The van der Waals surface area contributed by atoms with Crippen LogP contribution >= 0.6 is 27.3 Å². The van der Waals surface area contributed by atoms with Crippen LogP contribution in [0, 0.1) is 0 Å². The SMILES string of the molecule is OC(c1cc(Br)cs1)c1ccccc1C1CCC1. The zero-order valence-corrected chi connectivity index (χ0v) is 12.4. The molecule has 0 aliphatic heterocycles. The average Bonchev–Trinajstić information content (AvgIpc) is 2.74. The predicted octanol–water partition coefficient (Wildman–Crippen LogP) is 4.86. The van der Waals surface area contributed by atoms with Crippen LogP contribution in [0.5, 0.6) is 0 Å². The van der Waals surface area contributed by atoms with Crippen LogP contribution < -0.4 is 0 Å². The van der Waals surface area contributed by atoms with E-state index in [1.54, 1.807) is 11.3 Å². The van der Waals surface area contributed by atoms with Gasteiger partial charge in [0.25, 0.3) is 0 Å². The van der Waals surface area contributed by atoms with Gasteiger partial charge in [0.15, 0.2) is 0 Å². The van der Waals surface area contributed by atoms with E-state index in [0.717, 1.165) is 14.9 Å². The van der Waals surface area contributed by atoms with Gasteiger partial charge >= 0.3 is 0 Å². The number of aliphatic hydroxyl groups is 1. The smallest absolute Gasteiger partial charge is 0.113 e. The molecular weight excluding hydrogens is 308 g/mol. The molecule has 1 heterocycles. The average molecular weight is 323 g/mol. The van der Waals surface area contributed by atoms with Crippen LogP contribution in [-0.2, 0) is 0 Å². The maximum absolute atomic E-state index is 10.5. The highest BCUT2D eigenvalue weighted by Crippen LogP contribution is 2.41. The van der Waals surface area contributed by atoms with Crippen molar-refractivity contribution in [1.82, 2.24) is 0 Å². The van der Waals surface area contributed by atoms with E-state index in [1.807, 2.05) is 17.5 Å². The monoisotopic (exact) mass is 322 g/mol. The number of hydrogen-bond acceptors (Lipinski definition) is 2. The Morgan fingerprint density at radius 1 is 1.28 bits per heavy atom. The van der Waals surface area contributed by atoms with Gasteiger partial charge in [-0.2, -0.15) is 0 Å². The molecule has 0 bridgehead atoms. The molecule has 1 nitrogen and oxygen atoms in total. The molecule has 1 aromatic carbocycles. The molecule has 1 aromatic heterocycles. The van der Waals surface area contributed by atoms with Gasteiger partial charge in [-0.05, 0) is 51.9 Å². The van der Waals surface area contributed by atoms with Gasteiger partial charge < -0.3 is 5.11 Å². The third-order valence-electron chi connectivity index (χ3n) is 3.69. The molecule has 1 N–H and O–H groups in total. The van der Waals surface area contributed by atoms with E-state index in [4.69, 9.17) is 0 Å². The van der Waals surface area contributed by atoms with Gasteiger partial charge in [-0.15, -0.1) is 11.3 Å². The van der Waals surface area contributed by atoms with E-state index in [0.29, 0.717) is 5.92 Å². The molecule has 0 radical (unpaired) electrons. The lowest BCUT2D eigenvalue weighted by Gasteiger charge is -2.29. The number of halogens is 1. The Labute approximate surface area is 120 Å².